The van der Waals surface area contributed by atoms with Gasteiger partial charge in [-0.25, -0.2) is 4.99 Å². The van der Waals surface area contributed by atoms with Crippen molar-refractivity contribution in [2.45, 2.75) is 25.8 Å². The number of likely N-dealkylation sites (tertiary alicyclic amines) is 1. The van der Waals surface area contributed by atoms with Crippen molar-refractivity contribution in [1.82, 2.24) is 20.4 Å². The van der Waals surface area contributed by atoms with E-state index in [1.165, 1.54) is 4.90 Å². The summed E-state index contributed by atoms with van der Waals surface area (Å²) in [5.41, 5.74) is 0. The Morgan fingerprint density at radius 3 is 2.74 bits per heavy atom. The minimum absolute atomic E-state index is 0.0629. The largest absolute Gasteiger partial charge is 0.383 e. The summed E-state index contributed by atoms with van der Waals surface area (Å²) in [5.74, 6) is 0.683. The van der Waals surface area contributed by atoms with Crippen LogP contribution in [0.15, 0.2) is 4.99 Å². The Kier molecular flexibility index (Phi) is 8.39. The number of carbonyl (C=O) groups is 2. The van der Waals surface area contributed by atoms with E-state index < -0.39 is 0 Å². The van der Waals surface area contributed by atoms with Gasteiger partial charge in [0.2, 0.25) is 11.8 Å². The number of aliphatic imine (C=N–C) groups is 1. The minimum Gasteiger partial charge on any atom is -0.383 e. The normalized spacial score (nSPS) is 18.0. The van der Waals surface area contributed by atoms with Gasteiger partial charge in [-0.3, -0.25) is 9.59 Å². The van der Waals surface area contributed by atoms with Gasteiger partial charge < -0.3 is 25.2 Å². The maximum Gasteiger partial charge on any atom is 0.243 e. The Balaban J connectivity index is 2.57. The van der Waals surface area contributed by atoms with Gasteiger partial charge in [-0.05, 0) is 6.42 Å². The number of likely N-dealkylation sites (N-methyl/N-ethyl adjacent to an activating group) is 1. The van der Waals surface area contributed by atoms with Crippen LogP contribution in [-0.4, -0.2) is 87.6 Å². The fourth-order valence-electron chi connectivity index (χ4n) is 2.23. The van der Waals surface area contributed by atoms with E-state index in [9.17, 15) is 9.59 Å². The van der Waals surface area contributed by atoms with Crippen molar-refractivity contribution in [3.8, 4) is 0 Å². The van der Waals surface area contributed by atoms with Crippen LogP contribution in [0.4, 0.5) is 0 Å². The van der Waals surface area contributed by atoms with Crippen LogP contribution in [0.3, 0.4) is 0 Å². The van der Waals surface area contributed by atoms with Crippen LogP contribution in [0, 0.1) is 0 Å². The number of methoxy groups -OCH3 is 1. The molecule has 0 aromatic heterocycles. The summed E-state index contributed by atoms with van der Waals surface area (Å²) in [6.45, 7) is 4.52. The first-order valence-electron chi connectivity index (χ1n) is 7.99. The van der Waals surface area contributed by atoms with Crippen molar-refractivity contribution in [3.05, 3.63) is 0 Å². The number of nitrogens with one attached hydrogen (secondary N) is 2. The van der Waals surface area contributed by atoms with Crippen LogP contribution < -0.4 is 10.6 Å². The van der Waals surface area contributed by atoms with Crippen LogP contribution in [0.1, 0.15) is 19.8 Å². The fourth-order valence-corrected chi connectivity index (χ4v) is 2.23. The van der Waals surface area contributed by atoms with E-state index in [2.05, 4.69) is 15.6 Å². The Morgan fingerprint density at radius 2 is 2.13 bits per heavy atom. The molecule has 0 aromatic carbocycles. The number of nitrogens with zero attached hydrogens (tertiary/aromatic N) is 3. The summed E-state index contributed by atoms with van der Waals surface area (Å²) in [6, 6.07) is 0.147. The van der Waals surface area contributed by atoms with Gasteiger partial charge >= 0.3 is 0 Å². The van der Waals surface area contributed by atoms with Gasteiger partial charge in [-0.15, -0.1) is 0 Å². The smallest absolute Gasteiger partial charge is 0.243 e. The van der Waals surface area contributed by atoms with Crippen molar-refractivity contribution >= 4 is 17.8 Å². The minimum atomic E-state index is -0.0629. The van der Waals surface area contributed by atoms with E-state index in [1.54, 1.807) is 21.2 Å². The van der Waals surface area contributed by atoms with Gasteiger partial charge in [0, 0.05) is 53.3 Å². The van der Waals surface area contributed by atoms with Crippen molar-refractivity contribution < 1.29 is 14.3 Å². The predicted octanol–water partition coefficient (Wildman–Crippen LogP) is -0.733. The van der Waals surface area contributed by atoms with Crippen LogP contribution in [0.25, 0.3) is 0 Å². The molecule has 8 heteroatoms. The Bertz CT molecular complexity index is 425. The molecule has 0 spiro atoms. The summed E-state index contributed by atoms with van der Waals surface area (Å²) < 4.78 is 5.02. The first kappa shape index (κ1) is 19.2. The number of rotatable bonds is 7. The highest BCUT2D eigenvalue weighted by Crippen LogP contribution is 2.10. The second-order valence-corrected chi connectivity index (χ2v) is 5.70. The fraction of sp³-hybridized carbons (Fsp3) is 0.800. The third kappa shape index (κ3) is 6.85. The average molecular weight is 327 g/mol. The number of ether oxygens (including phenoxy) is 1. The Hall–Kier alpha value is -1.83. The number of carbonyl (C=O) groups excluding carboxylic acids is 2. The van der Waals surface area contributed by atoms with E-state index >= 15 is 0 Å². The Morgan fingerprint density at radius 1 is 1.39 bits per heavy atom. The second-order valence-electron chi connectivity index (χ2n) is 5.70. The summed E-state index contributed by atoms with van der Waals surface area (Å²) in [4.78, 5) is 31.1. The lowest BCUT2D eigenvalue weighted by molar-refractivity contribution is -0.130. The highest BCUT2D eigenvalue weighted by molar-refractivity contribution is 5.85. The lowest BCUT2D eigenvalue weighted by Gasteiger charge is -2.19. The van der Waals surface area contributed by atoms with Gasteiger partial charge in [0.25, 0.3) is 0 Å². The molecule has 0 bridgehead atoms. The standard InChI is InChI=1S/C15H29N5O3/c1-5-13(21)20-8-6-12(11-20)18-15(16-7-9-23-4)17-10-14(22)19(2)3/h12H,5-11H2,1-4H3,(H2,16,17,18). The van der Waals surface area contributed by atoms with E-state index in [-0.39, 0.29) is 24.4 Å². The summed E-state index contributed by atoms with van der Waals surface area (Å²) >= 11 is 0. The van der Waals surface area contributed by atoms with Crippen LogP contribution in [0.2, 0.25) is 0 Å². The lowest BCUT2D eigenvalue weighted by atomic mass is 10.3. The molecular formula is C15H29N5O3. The molecule has 1 heterocycles. The summed E-state index contributed by atoms with van der Waals surface area (Å²) in [5, 5.41) is 6.44. The van der Waals surface area contributed by atoms with Crippen molar-refractivity contribution in [1.29, 1.82) is 0 Å². The molecule has 8 nitrogen and oxygen atoms in total. The molecule has 0 aromatic rings. The lowest BCUT2D eigenvalue weighted by Crippen LogP contribution is -2.46. The molecule has 1 atom stereocenters. The second kappa shape index (κ2) is 10.0. The predicted molar refractivity (Wildman–Crippen MR) is 89.3 cm³/mol. The monoisotopic (exact) mass is 327 g/mol. The SMILES string of the molecule is CCC(=O)N1CCC(NC(=NCC(=O)N(C)C)NCCOC)C1. The van der Waals surface area contributed by atoms with Crippen molar-refractivity contribution in [2.24, 2.45) is 4.99 Å². The van der Waals surface area contributed by atoms with Gasteiger partial charge in [0.15, 0.2) is 5.96 Å². The number of hydrogen-bond acceptors (Lipinski definition) is 4. The van der Waals surface area contributed by atoms with Gasteiger partial charge in [0.1, 0.15) is 6.54 Å². The number of hydrogen-bond donors (Lipinski definition) is 2. The molecule has 0 saturated carbocycles. The summed E-state index contributed by atoms with van der Waals surface area (Å²) in [6.07, 6.45) is 1.40. The van der Waals surface area contributed by atoms with Gasteiger partial charge in [-0.2, -0.15) is 0 Å². The third-order valence-electron chi connectivity index (χ3n) is 3.65. The molecule has 1 saturated heterocycles. The molecule has 2 amide bonds. The molecule has 1 rings (SSSR count). The average Bonchev–Trinajstić information content (AvgIpc) is 2.99. The quantitative estimate of drug-likeness (QED) is 0.366. The zero-order valence-corrected chi connectivity index (χ0v) is 14.6. The summed E-state index contributed by atoms with van der Waals surface area (Å²) in [7, 11) is 5.04. The molecule has 132 valence electrons. The first-order valence-corrected chi connectivity index (χ1v) is 7.99. The third-order valence-corrected chi connectivity index (χ3v) is 3.65. The molecule has 1 fully saturated rings. The highest BCUT2D eigenvalue weighted by atomic mass is 16.5. The van der Waals surface area contributed by atoms with Crippen molar-refractivity contribution in [3.63, 3.8) is 0 Å². The number of amides is 2. The van der Waals surface area contributed by atoms with Crippen LogP contribution in [-0.2, 0) is 14.3 Å². The molecular weight excluding hydrogens is 298 g/mol. The number of guanidine groups is 1. The van der Waals surface area contributed by atoms with Gasteiger partial charge in [0.05, 0.1) is 6.61 Å². The molecule has 2 N–H and O–H groups in total. The van der Waals surface area contributed by atoms with E-state index in [4.69, 9.17) is 4.74 Å². The van der Waals surface area contributed by atoms with Crippen LogP contribution in [0.5, 0.6) is 0 Å². The topological polar surface area (TPSA) is 86.3 Å². The van der Waals surface area contributed by atoms with Crippen LogP contribution >= 0.6 is 0 Å². The molecule has 1 aliphatic heterocycles. The van der Waals surface area contributed by atoms with E-state index in [1.807, 2.05) is 11.8 Å². The highest BCUT2D eigenvalue weighted by Gasteiger charge is 2.25. The first-order chi connectivity index (χ1) is 11.0. The molecule has 1 aliphatic rings. The van der Waals surface area contributed by atoms with Crippen molar-refractivity contribution in [2.75, 3.05) is 54.0 Å². The molecule has 1 unspecified atom stereocenters. The zero-order valence-electron chi connectivity index (χ0n) is 14.6. The molecule has 0 aliphatic carbocycles. The van der Waals surface area contributed by atoms with E-state index in [0.717, 1.165) is 13.0 Å². The van der Waals surface area contributed by atoms with E-state index in [0.29, 0.717) is 32.1 Å². The molecule has 0 radical (unpaired) electrons. The maximum atomic E-state index is 11.7. The maximum absolute atomic E-state index is 11.7. The Labute approximate surface area is 138 Å². The molecule has 23 heavy (non-hydrogen) atoms. The zero-order chi connectivity index (χ0) is 17.2. The van der Waals surface area contributed by atoms with Gasteiger partial charge in [-0.1, -0.05) is 6.92 Å².